The predicted molar refractivity (Wildman–Crippen MR) is 75.7 cm³/mol. The topological polar surface area (TPSA) is 66.4 Å². The van der Waals surface area contributed by atoms with Gasteiger partial charge in [-0.25, -0.2) is 8.42 Å². The van der Waals surface area contributed by atoms with Crippen LogP contribution >= 0.6 is 11.3 Å². The van der Waals surface area contributed by atoms with Gasteiger partial charge in [0.05, 0.1) is 5.75 Å². The normalized spacial score (nSPS) is 17.3. The molecule has 1 rings (SSSR count). The van der Waals surface area contributed by atoms with Crippen LogP contribution in [0.15, 0.2) is 17.5 Å². The molecule has 0 spiro atoms. The molecule has 0 aromatic carbocycles. The van der Waals surface area contributed by atoms with Gasteiger partial charge in [0, 0.05) is 23.2 Å². The van der Waals surface area contributed by atoms with Gasteiger partial charge >= 0.3 is 0 Å². The van der Waals surface area contributed by atoms with Gasteiger partial charge in [-0.1, -0.05) is 13.0 Å². The van der Waals surface area contributed by atoms with Crippen molar-refractivity contribution in [3.8, 4) is 0 Å². The summed E-state index contributed by atoms with van der Waals surface area (Å²) in [5, 5.41) is 15.3. The van der Waals surface area contributed by atoms with Crippen LogP contribution in [0.2, 0.25) is 0 Å². The Morgan fingerprint density at radius 1 is 1.56 bits per heavy atom. The summed E-state index contributed by atoms with van der Waals surface area (Å²) in [6.07, 6.45) is 0. The summed E-state index contributed by atoms with van der Waals surface area (Å²) in [7, 11) is -2.98. The van der Waals surface area contributed by atoms with E-state index in [2.05, 4.69) is 5.32 Å². The van der Waals surface area contributed by atoms with E-state index in [1.807, 2.05) is 24.4 Å². The molecule has 1 aromatic rings. The maximum Gasteiger partial charge on any atom is 0.151 e. The molecule has 2 unspecified atom stereocenters. The standard InChI is InChI=1S/C12H21NO3S2/c1-4-18(15,16)8-10(2)13-9-12(3,14)11-6-5-7-17-11/h5-7,10,13-14H,4,8-9H2,1-3H3. The van der Waals surface area contributed by atoms with Crippen molar-refractivity contribution < 1.29 is 13.5 Å². The molecule has 0 radical (unpaired) electrons. The van der Waals surface area contributed by atoms with Gasteiger partial charge in [0.25, 0.3) is 0 Å². The molecule has 2 atom stereocenters. The number of thiophene rings is 1. The number of hydrogen-bond acceptors (Lipinski definition) is 5. The van der Waals surface area contributed by atoms with E-state index in [9.17, 15) is 13.5 Å². The highest BCUT2D eigenvalue weighted by Crippen LogP contribution is 2.24. The fraction of sp³-hybridized carbons (Fsp3) is 0.667. The minimum atomic E-state index is -2.98. The van der Waals surface area contributed by atoms with Crippen molar-refractivity contribution in [3.05, 3.63) is 22.4 Å². The second-order valence-corrected chi connectivity index (χ2v) is 8.08. The number of hydrogen-bond donors (Lipinski definition) is 2. The summed E-state index contributed by atoms with van der Waals surface area (Å²) in [4.78, 5) is 0.876. The zero-order valence-electron chi connectivity index (χ0n) is 11.0. The van der Waals surface area contributed by atoms with Gasteiger partial charge in [-0.2, -0.15) is 0 Å². The summed E-state index contributed by atoms with van der Waals surface area (Å²) >= 11 is 1.49. The minimum absolute atomic E-state index is 0.101. The van der Waals surface area contributed by atoms with E-state index in [0.29, 0.717) is 6.54 Å². The third-order valence-electron chi connectivity index (χ3n) is 2.79. The lowest BCUT2D eigenvalue weighted by molar-refractivity contribution is 0.0588. The Morgan fingerprint density at radius 2 is 2.22 bits per heavy atom. The number of rotatable bonds is 7. The molecule has 0 saturated heterocycles. The molecule has 6 heteroatoms. The van der Waals surface area contributed by atoms with E-state index in [4.69, 9.17) is 0 Å². The van der Waals surface area contributed by atoms with Crippen LogP contribution in [0.3, 0.4) is 0 Å². The molecule has 1 aromatic heterocycles. The first kappa shape index (κ1) is 15.6. The summed E-state index contributed by atoms with van der Waals surface area (Å²) in [6, 6.07) is 3.60. The largest absolute Gasteiger partial charge is 0.383 e. The lowest BCUT2D eigenvalue weighted by Gasteiger charge is -2.25. The average molecular weight is 291 g/mol. The fourth-order valence-electron chi connectivity index (χ4n) is 1.60. The zero-order chi connectivity index (χ0) is 13.8. The van der Waals surface area contributed by atoms with Crippen LogP contribution in [0.4, 0.5) is 0 Å². The molecule has 4 nitrogen and oxygen atoms in total. The molecule has 0 aliphatic heterocycles. The van der Waals surface area contributed by atoms with Crippen molar-refractivity contribution >= 4 is 21.2 Å². The Bertz CT molecular complexity index is 452. The molecule has 0 aliphatic carbocycles. The van der Waals surface area contributed by atoms with Crippen molar-refractivity contribution in [2.75, 3.05) is 18.1 Å². The molecular formula is C12H21NO3S2. The lowest BCUT2D eigenvalue weighted by atomic mass is 10.1. The second-order valence-electron chi connectivity index (χ2n) is 4.73. The molecule has 0 bridgehead atoms. The molecule has 2 N–H and O–H groups in total. The maximum absolute atomic E-state index is 11.5. The van der Waals surface area contributed by atoms with Crippen LogP contribution in [-0.4, -0.2) is 37.6 Å². The zero-order valence-corrected chi connectivity index (χ0v) is 12.6. The first-order valence-corrected chi connectivity index (χ1v) is 8.67. The van der Waals surface area contributed by atoms with E-state index >= 15 is 0 Å². The van der Waals surface area contributed by atoms with E-state index in [1.54, 1.807) is 13.8 Å². The molecular weight excluding hydrogens is 270 g/mol. The van der Waals surface area contributed by atoms with Crippen LogP contribution in [0, 0.1) is 0 Å². The Morgan fingerprint density at radius 3 is 2.72 bits per heavy atom. The molecule has 0 aliphatic rings. The molecule has 1 heterocycles. The second kappa shape index (κ2) is 6.14. The Hall–Kier alpha value is -0.430. The predicted octanol–water partition coefficient (Wildman–Crippen LogP) is 1.37. The van der Waals surface area contributed by atoms with Crippen LogP contribution in [0.1, 0.15) is 25.6 Å². The van der Waals surface area contributed by atoms with Crippen molar-refractivity contribution in [2.24, 2.45) is 0 Å². The molecule has 18 heavy (non-hydrogen) atoms. The highest BCUT2D eigenvalue weighted by molar-refractivity contribution is 7.91. The van der Waals surface area contributed by atoms with Crippen molar-refractivity contribution in [3.63, 3.8) is 0 Å². The van der Waals surface area contributed by atoms with Gasteiger partial charge in [-0.05, 0) is 25.3 Å². The van der Waals surface area contributed by atoms with Gasteiger partial charge < -0.3 is 10.4 Å². The van der Waals surface area contributed by atoms with Gasteiger partial charge in [-0.15, -0.1) is 11.3 Å². The lowest BCUT2D eigenvalue weighted by Crippen LogP contribution is -2.42. The Balaban J connectivity index is 2.50. The minimum Gasteiger partial charge on any atom is -0.383 e. The van der Waals surface area contributed by atoms with E-state index < -0.39 is 15.4 Å². The van der Waals surface area contributed by atoms with Crippen LogP contribution in [0.25, 0.3) is 0 Å². The third-order valence-corrected chi connectivity index (χ3v) is 5.80. The number of sulfone groups is 1. The summed E-state index contributed by atoms with van der Waals surface area (Å²) < 4.78 is 22.9. The SMILES string of the molecule is CCS(=O)(=O)CC(C)NCC(C)(O)c1cccs1. The molecule has 0 amide bonds. The summed E-state index contributed by atoms with van der Waals surface area (Å²) in [5.41, 5.74) is -0.960. The quantitative estimate of drug-likeness (QED) is 0.796. The Labute approximate surface area is 113 Å². The van der Waals surface area contributed by atoms with Crippen molar-refractivity contribution in [1.29, 1.82) is 0 Å². The fourth-order valence-corrected chi connectivity index (χ4v) is 3.51. The molecule has 0 fully saturated rings. The number of aliphatic hydroxyl groups is 1. The van der Waals surface area contributed by atoms with Gasteiger partial charge in [0.1, 0.15) is 5.60 Å². The van der Waals surface area contributed by atoms with Gasteiger partial charge in [-0.3, -0.25) is 0 Å². The highest BCUT2D eigenvalue weighted by Gasteiger charge is 2.25. The van der Waals surface area contributed by atoms with E-state index in [-0.39, 0.29) is 17.5 Å². The Kier molecular flexibility index (Phi) is 5.33. The van der Waals surface area contributed by atoms with Crippen molar-refractivity contribution in [1.82, 2.24) is 5.32 Å². The van der Waals surface area contributed by atoms with Crippen LogP contribution in [-0.2, 0) is 15.4 Å². The monoisotopic (exact) mass is 291 g/mol. The first-order valence-electron chi connectivity index (χ1n) is 5.97. The van der Waals surface area contributed by atoms with E-state index in [1.165, 1.54) is 11.3 Å². The molecule has 0 saturated carbocycles. The van der Waals surface area contributed by atoms with Gasteiger partial charge in [0.2, 0.25) is 0 Å². The smallest absolute Gasteiger partial charge is 0.151 e. The molecule has 104 valence electrons. The van der Waals surface area contributed by atoms with Crippen LogP contribution in [0.5, 0.6) is 0 Å². The third kappa shape index (κ3) is 4.68. The number of nitrogens with one attached hydrogen (secondary N) is 1. The summed E-state index contributed by atoms with van der Waals surface area (Å²) in [6.45, 7) is 5.53. The van der Waals surface area contributed by atoms with Crippen LogP contribution < -0.4 is 5.32 Å². The summed E-state index contributed by atoms with van der Waals surface area (Å²) in [5.74, 6) is 0.254. The van der Waals surface area contributed by atoms with E-state index in [0.717, 1.165) is 4.88 Å². The maximum atomic E-state index is 11.5. The van der Waals surface area contributed by atoms with Gasteiger partial charge in [0.15, 0.2) is 9.84 Å². The highest BCUT2D eigenvalue weighted by atomic mass is 32.2. The average Bonchev–Trinajstić information content (AvgIpc) is 2.80. The van der Waals surface area contributed by atoms with Crippen molar-refractivity contribution in [2.45, 2.75) is 32.4 Å². The first-order chi connectivity index (χ1) is 8.27.